The topological polar surface area (TPSA) is 29.9 Å². The number of hydrogen-bond acceptors (Lipinski definition) is 2. The van der Waals surface area contributed by atoms with Crippen LogP contribution in [-0.2, 0) is 0 Å². The molecule has 2 aromatic rings. The molecule has 0 spiro atoms. The number of rotatable bonds is 4. The summed E-state index contributed by atoms with van der Waals surface area (Å²) in [5.74, 6) is 0.848. The zero-order valence-corrected chi connectivity index (χ0v) is 10.0. The van der Waals surface area contributed by atoms with Crippen LogP contribution < -0.4 is 5.32 Å². The number of nitrogens with zero attached hydrogens (tertiary/aromatic N) is 2. The highest BCUT2D eigenvalue weighted by atomic mass is 15.3. The predicted octanol–water partition coefficient (Wildman–Crippen LogP) is 3.08. The molecular formula is C14H17N3. The summed E-state index contributed by atoms with van der Waals surface area (Å²) >= 11 is 0. The third kappa shape index (κ3) is 2.18. The van der Waals surface area contributed by atoms with Crippen LogP contribution in [0.3, 0.4) is 0 Å². The van der Waals surface area contributed by atoms with Gasteiger partial charge in [0.25, 0.3) is 0 Å². The SMILES string of the molecule is CC(Nc1ccccc1-n1cccn1)C1CC1. The van der Waals surface area contributed by atoms with E-state index in [0.29, 0.717) is 6.04 Å². The maximum absolute atomic E-state index is 4.29. The molecular weight excluding hydrogens is 210 g/mol. The van der Waals surface area contributed by atoms with Gasteiger partial charge in [-0.1, -0.05) is 12.1 Å². The Kier molecular flexibility index (Phi) is 2.59. The van der Waals surface area contributed by atoms with Crippen LogP contribution in [0.15, 0.2) is 42.7 Å². The number of nitrogens with one attached hydrogen (secondary N) is 1. The highest BCUT2D eigenvalue weighted by molar-refractivity contribution is 5.61. The number of anilines is 1. The lowest BCUT2D eigenvalue weighted by Crippen LogP contribution is -2.18. The van der Waals surface area contributed by atoms with Gasteiger partial charge < -0.3 is 5.32 Å². The number of aromatic nitrogens is 2. The zero-order valence-electron chi connectivity index (χ0n) is 10.0. The Morgan fingerprint density at radius 1 is 1.29 bits per heavy atom. The van der Waals surface area contributed by atoms with E-state index in [9.17, 15) is 0 Å². The summed E-state index contributed by atoms with van der Waals surface area (Å²) in [6.45, 7) is 2.26. The fraction of sp³-hybridized carbons (Fsp3) is 0.357. The van der Waals surface area contributed by atoms with Crippen molar-refractivity contribution >= 4 is 5.69 Å². The molecule has 0 amide bonds. The van der Waals surface area contributed by atoms with Crippen molar-refractivity contribution < 1.29 is 0 Å². The van der Waals surface area contributed by atoms with E-state index in [1.165, 1.54) is 12.8 Å². The molecule has 0 radical (unpaired) electrons. The molecule has 88 valence electrons. The molecule has 1 N–H and O–H groups in total. The molecule has 1 aliphatic carbocycles. The van der Waals surface area contributed by atoms with Gasteiger partial charge in [-0.15, -0.1) is 0 Å². The summed E-state index contributed by atoms with van der Waals surface area (Å²) in [7, 11) is 0. The van der Waals surface area contributed by atoms with Crippen LogP contribution >= 0.6 is 0 Å². The number of benzene rings is 1. The minimum atomic E-state index is 0.548. The second-order valence-corrected chi connectivity index (χ2v) is 4.74. The molecule has 1 atom stereocenters. The van der Waals surface area contributed by atoms with Gasteiger partial charge in [0.1, 0.15) is 0 Å². The third-order valence-corrected chi connectivity index (χ3v) is 3.37. The molecule has 0 aliphatic heterocycles. The second kappa shape index (κ2) is 4.24. The summed E-state index contributed by atoms with van der Waals surface area (Å²) < 4.78 is 1.90. The van der Waals surface area contributed by atoms with E-state index in [-0.39, 0.29) is 0 Å². The summed E-state index contributed by atoms with van der Waals surface area (Å²) in [4.78, 5) is 0. The average Bonchev–Trinajstić information content (AvgIpc) is 3.06. The molecule has 3 nitrogen and oxygen atoms in total. The molecule has 0 bridgehead atoms. The van der Waals surface area contributed by atoms with Crippen LogP contribution in [0.2, 0.25) is 0 Å². The first-order chi connectivity index (χ1) is 8.34. The Hall–Kier alpha value is -1.77. The number of para-hydroxylation sites is 2. The highest BCUT2D eigenvalue weighted by Gasteiger charge is 2.28. The molecule has 1 aliphatic rings. The summed E-state index contributed by atoms with van der Waals surface area (Å²) in [6.07, 6.45) is 6.50. The van der Waals surface area contributed by atoms with Gasteiger partial charge in [0.15, 0.2) is 0 Å². The quantitative estimate of drug-likeness (QED) is 0.870. The monoisotopic (exact) mass is 227 g/mol. The lowest BCUT2D eigenvalue weighted by atomic mass is 10.2. The van der Waals surface area contributed by atoms with Crippen molar-refractivity contribution in [3.8, 4) is 5.69 Å². The molecule has 0 saturated heterocycles. The fourth-order valence-corrected chi connectivity index (χ4v) is 2.17. The Morgan fingerprint density at radius 3 is 2.82 bits per heavy atom. The minimum absolute atomic E-state index is 0.548. The third-order valence-electron chi connectivity index (χ3n) is 3.37. The van der Waals surface area contributed by atoms with Crippen LogP contribution in [-0.4, -0.2) is 15.8 Å². The van der Waals surface area contributed by atoms with Gasteiger partial charge in [-0.25, -0.2) is 4.68 Å². The first-order valence-corrected chi connectivity index (χ1v) is 6.20. The molecule has 3 heteroatoms. The molecule has 1 heterocycles. The minimum Gasteiger partial charge on any atom is -0.381 e. The van der Waals surface area contributed by atoms with Crippen LogP contribution in [0.25, 0.3) is 5.69 Å². The van der Waals surface area contributed by atoms with Crippen molar-refractivity contribution in [3.63, 3.8) is 0 Å². The molecule has 1 fully saturated rings. The number of hydrogen-bond donors (Lipinski definition) is 1. The average molecular weight is 227 g/mol. The van der Waals surface area contributed by atoms with E-state index in [2.05, 4.69) is 35.5 Å². The largest absolute Gasteiger partial charge is 0.381 e. The molecule has 1 saturated carbocycles. The van der Waals surface area contributed by atoms with Crippen molar-refractivity contribution in [1.29, 1.82) is 0 Å². The van der Waals surface area contributed by atoms with E-state index < -0.39 is 0 Å². The Balaban J connectivity index is 1.88. The Labute approximate surface area is 101 Å². The Bertz CT molecular complexity index is 486. The molecule has 1 aromatic carbocycles. The van der Waals surface area contributed by atoms with Crippen molar-refractivity contribution in [2.24, 2.45) is 5.92 Å². The van der Waals surface area contributed by atoms with E-state index >= 15 is 0 Å². The van der Waals surface area contributed by atoms with E-state index in [0.717, 1.165) is 17.3 Å². The molecule has 1 aromatic heterocycles. The van der Waals surface area contributed by atoms with Gasteiger partial charge in [0.05, 0.1) is 11.4 Å². The van der Waals surface area contributed by atoms with Gasteiger partial charge in [-0.2, -0.15) is 5.10 Å². The van der Waals surface area contributed by atoms with Crippen LogP contribution in [0.5, 0.6) is 0 Å². The first kappa shape index (κ1) is 10.4. The van der Waals surface area contributed by atoms with Gasteiger partial charge >= 0.3 is 0 Å². The summed E-state index contributed by atoms with van der Waals surface area (Å²) in [5, 5.41) is 7.89. The Morgan fingerprint density at radius 2 is 2.12 bits per heavy atom. The van der Waals surface area contributed by atoms with Crippen molar-refractivity contribution in [2.75, 3.05) is 5.32 Å². The molecule has 1 unspecified atom stereocenters. The lowest BCUT2D eigenvalue weighted by molar-refractivity contribution is 0.692. The summed E-state index contributed by atoms with van der Waals surface area (Å²) in [6, 6.07) is 10.8. The summed E-state index contributed by atoms with van der Waals surface area (Å²) in [5.41, 5.74) is 2.28. The van der Waals surface area contributed by atoms with E-state index in [1.54, 1.807) is 6.20 Å². The van der Waals surface area contributed by atoms with Crippen LogP contribution in [0.4, 0.5) is 5.69 Å². The smallest absolute Gasteiger partial charge is 0.0876 e. The second-order valence-electron chi connectivity index (χ2n) is 4.74. The molecule has 17 heavy (non-hydrogen) atoms. The van der Waals surface area contributed by atoms with Crippen molar-refractivity contribution in [2.45, 2.75) is 25.8 Å². The van der Waals surface area contributed by atoms with Crippen molar-refractivity contribution in [1.82, 2.24) is 9.78 Å². The van der Waals surface area contributed by atoms with E-state index in [1.807, 2.05) is 23.0 Å². The van der Waals surface area contributed by atoms with Gasteiger partial charge in [-0.05, 0) is 43.9 Å². The van der Waals surface area contributed by atoms with E-state index in [4.69, 9.17) is 0 Å². The standard InChI is InChI=1S/C14H17N3/c1-11(12-7-8-12)16-13-5-2-3-6-14(13)17-10-4-9-15-17/h2-6,9-12,16H,7-8H2,1H3. The lowest BCUT2D eigenvalue weighted by Gasteiger charge is -2.17. The highest BCUT2D eigenvalue weighted by Crippen LogP contribution is 2.34. The normalized spacial score (nSPS) is 16.8. The van der Waals surface area contributed by atoms with Crippen LogP contribution in [0.1, 0.15) is 19.8 Å². The maximum Gasteiger partial charge on any atom is 0.0876 e. The van der Waals surface area contributed by atoms with Gasteiger partial charge in [0.2, 0.25) is 0 Å². The van der Waals surface area contributed by atoms with Gasteiger partial charge in [0, 0.05) is 18.4 Å². The van der Waals surface area contributed by atoms with Crippen molar-refractivity contribution in [3.05, 3.63) is 42.7 Å². The maximum atomic E-state index is 4.29. The van der Waals surface area contributed by atoms with Gasteiger partial charge in [-0.3, -0.25) is 0 Å². The fourth-order valence-electron chi connectivity index (χ4n) is 2.17. The van der Waals surface area contributed by atoms with Crippen LogP contribution in [0, 0.1) is 5.92 Å². The first-order valence-electron chi connectivity index (χ1n) is 6.20. The zero-order chi connectivity index (χ0) is 11.7. The molecule has 3 rings (SSSR count). The predicted molar refractivity (Wildman–Crippen MR) is 69.4 cm³/mol.